The molecule has 1 unspecified atom stereocenters. The molecule has 0 radical (unpaired) electrons. The highest BCUT2D eigenvalue weighted by Crippen LogP contribution is 2.48. The Labute approximate surface area is 149 Å². The van der Waals surface area contributed by atoms with E-state index in [-0.39, 0.29) is 11.3 Å². The van der Waals surface area contributed by atoms with Gasteiger partial charge < -0.3 is 19.5 Å². The van der Waals surface area contributed by atoms with E-state index in [1.54, 1.807) is 6.07 Å². The Bertz CT molecular complexity index is 1010. The van der Waals surface area contributed by atoms with E-state index in [1.165, 1.54) is 32.2 Å². The van der Waals surface area contributed by atoms with E-state index in [4.69, 9.17) is 9.47 Å². The molecule has 2 aromatic carbocycles. The van der Waals surface area contributed by atoms with Crippen molar-refractivity contribution in [2.24, 2.45) is 0 Å². The van der Waals surface area contributed by atoms with Gasteiger partial charge >= 0.3 is 0 Å². The summed E-state index contributed by atoms with van der Waals surface area (Å²) in [5.74, 6) is -1.17. The molecule has 4 rings (SSSR count). The number of carbonyl (C=O) groups is 3. The van der Waals surface area contributed by atoms with Crippen LogP contribution >= 0.6 is 0 Å². The Kier molecular flexibility index (Phi) is 3.52. The van der Waals surface area contributed by atoms with E-state index in [0.29, 0.717) is 46.2 Å². The fourth-order valence-electron chi connectivity index (χ4n) is 3.86. The number of aliphatic hydroxyl groups excluding tert-OH is 1. The third-order valence-electron chi connectivity index (χ3n) is 5.15. The number of Topliss-reactive ketones (excluding diaryl/α,β-unsaturated/α-hetero) is 2. The molecular formula is C19H17NO6. The van der Waals surface area contributed by atoms with Crippen LogP contribution in [-0.4, -0.2) is 50.0 Å². The van der Waals surface area contributed by atoms with Crippen molar-refractivity contribution in [2.45, 2.75) is 18.9 Å². The topological polar surface area (TPSA) is 93.1 Å². The molecule has 0 bridgehead atoms. The molecule has 134 valence electrons. The minimum atomic E-state index is -1.10. The maximum atomic E-state index is 12.7. The highest BCUT2D eigenvalue weighted by atomic mass is 16.5. The molecule has 0 spiro atoms. The van der Waals surface area contributed by atoms with Gasteiger partial charge in [0, 0.05) is 28.9 Å². The van der Waals surface area contributed by atoms with Crippen LogP contribution in [0.15, 0.2) is 12.1 Å². The first-order valence-corrected chi connectivity index (χ1v) is 8.19. The molecule has 0 saturated heterocycles. The van der Waals surface area contributed by atoms with Gasteiger partial charge in [0.05, 0.1) is 19.9 Å². The maximum absolute atomic E-state index is 12.7. The van der Waals surface area contributed by atoms with Crippen molar-refractivity contribution >= 4 is 33.9 Å². The number of nitrogens with zero attached hydrogens (tertiary/aromatic N) is 1. The van der Waals surface area contributed by atoms with Crippen LogP contribution in [0.4, 0.5) is 5.69 Å². The Morgan fingerprint density at radius 3 is 2.50 bits per heavy atom. The molecule has 0 saturated carbocycles. The SMILES string of the molecule is COc1cc2c3c(cc4c(c3c1OC)C(=O)C(O)CC4)N(C)C(=O)C2=O. The van der Waals surface area contributed by atoms with Crippen molar-refractivity contribution in [3.8, 4) is 11.5 Å². The Morgan fingerprint density at radius 2 is 1.85 bits per heavy atom. The molecule has 0 aromatic heterocycles. The molecule has 0 fully saturated rings. The number of amides is 1. The number of rotatable bonds is 2. The van der Waals surface area contributed by atoms with Crippen LogP contribution in [0.5, 0.6) is 11.5 Å². The van der Waals surface area contributed by atoms with Crippen LogP contribution in [-0.2, 0) is 11.2 Å². The fourth-order valence-corrected chi connectivity index (χ4v) is 3.86. The van der Waals surface area contributed by atoms with E-state index in [2.05, 4.69) is 0 Å². The molecule has 1 aliphatic heterocycles. The zero-order chi connectivity index (χ0) is 18.7. The highest BCUT2D eigenvalue weighted by molar-refractivity contribution is 6.52. The molecule has 1 N–H and O–H groups in total. The first kappa shape index (κ1) is 16.5. The Hall–Kier alpha value is -2.93. The van der Waals surface area contributed by atoms with Crippen molar-refractivity contribution in [3.05, 3.63) is 28.8 Å². The number of likely N-dealkylation sites (N-methyl/N-ethyl adjacent to an activating group) is 1. The summed E-state index contributed by atoms with van der Waals surface area (Å²) in [4.78, 5) is 39.0. The third kappa shape index (κ3) is 1.94. The summed E-state index contributed by atoms with van der Waals surface area (Å²) >= 11 is 0. The number of hydrogen-bond acceptors (Lipinski definition) is 6. The zero-order valence-electron chi connectivity index (χ0n) is 14.6. The monoisotopic (exact) mass is 355 g/mol. The number of ether oxygens (including phenoxy) is 2. The molecule has 1 atom stereocenters. The van der Waals surface area contributed by atoms with Crippen molar-refractivity contribution in [1.82, 2.24) is 0 Å². The predicted octanol–water partition coefficient (Wildman–Crippen LogP) is 1.51. The lowest BCUT2D eigenvalue weighted by molar-refractivity contribution is -0.114. The Morgan fingerprint density at radius 1 is 1.12 bits per heavy atom. The van der Waals surface area contributed by atoms with Gasteiger partial charge in [-0.2, -0.15) is 0 Å². The van der Waals surface area contributed by atoms with Gasteiger partial charge in [-0.15, -0.1) is 0 Å². The molecular weight excluding hydrogens is 338 g/mol. The van der Waals surface area contributed by atoms with Crippen molar-refractivity contribution in [2.75, 3.05) is 26.2 Å². The van der Waals surface area contributed by atoms with Gasteiger partial charge in [0.25, 0.3) is 11.7 Å². The van der Waals surface area contributed by atoms with E-state index >= 15 is 0 Å². The molecule has 2 aromatic rings. The zero-order valence-corrected chi connectivity index (χ0v) is 14.6. The number of anilines is 1. The van der Waals surface area contributed by atoms with Gasteiger partial charge in [0.15, 0.2) is 17.3 Å². The number of fused-ring (bicyclic) bond motifs is 2. The second kappa shape index (κ2) is 5.54. The summed E-state index contributed by atoms with van der Waals surface area (Å²) in [6, 6.07) is 3.22. The number of aryl methyl sites for hydroxylation is 1. The molecule has 1 aliphatic carbocycles. The molecule has 1 heterocycles. The average Bonchev–Trinajstić information content (AvgIpc) is 2.65. The smallest absolute Gasteiger partial charge is 0.299 e. The summed E-state index contributed by atoms with van der Waals surface area (Å²) < 4.78 is 10.8. The van der Waals surface area contributed by atoms with Crippen LogP contribution in [0.3, 0.4) is 0 Å². The third-order valence-corrected chi connectivity index (χ3v) is 5.15. The number of carbonyl (C=O) groups excluding carboxylic acids is 3. The minimum absolute atomic E-state index is 0.173. The summed E-state index contributed by atoms with van der Waals surface area (Å²) in [5.41, 5.74) is 1.76. The standard InChI is InChI=1S/C19H17NO6/c1-20-10-6-8-4-5-11(21)17(23)13(8)15-14(10)9(16(22)19(20)24)7-12(25-2)18(15)26-3/h6-7,11,21H,4-5H2,1-3H3. The van der Waals surface area contributed by atoms with Crippen molar-refractivity contribution in [3.63, 3.8) is 0 Å². The summed E-state index contributed by atoms with van der Waals surface area (Å²) in [5, 5.41) is 11.0. The second-order valence-electron chi connectivity index (χ2n) is 6.45. The van der Waals surface area contributed by atoms with Crippen LogP contribution in [0.1, 0.15) is 32.7 Å². The van der Waals surface area contributed by atoms with E-state index in [0.717, 1.165) is 0 Å². The van der Waals surface area contributed by atoms with E-state index in [1.807, 2.05) is 0 Å². The van der Waals surface area contributed by atoms with Crippen LogP contribution in [0.2, 0.25) is 0 Å². The number of benzene rings is 2. The van der Waals surface area contributed by atoms with Crippen LogP contribution in [0.25, 0.3) is 10.8 Å². The fraction of sp³-hybridized carbons (Fsp3) is 0.316. The van der Waals surface area contributed by atoms with Crippen LogP contribution in [0, 0.1) is 0 Å². The quantitative estimate of drug-likeness (QED) is 0.821. The van der Waals surface area contributed by atoms with Gasteiger partial charge in [0.1, 0.15) is 6.10 Å². The number of aliphatic hydroxyl groups is 1. The number of ketones is 2. The normalized spacial score (nSPS) is 19.0. The van der Waals surface area contributed by atoms with Crippen LogP contribution < -0.4 is 14.4 Å². The van der Waals surface area contributed by atoms with Gasteiger partial charge in [-0.1, -0.05) is 0 Å². The molecule has 7 heteroatoms. The van der Waals surface area contributed by atoms with Crippen molar-refractivity contribution in [1.29, 1.82) is 0 Å². The maximum Gasteiger partial charge on any atom is 0.299 e. The van der Waals surface area contributed by atoms with Gasteiger partial charge in [0.2, 0.25) is 0 Å². The molecule has 2 aliphatic rings. The number of methoxy groups -OCH3 is 2. The van der Waals surface area contributed by atoms with Crippen molar-refractivity contribution < 1.29 is 29.0 Å². The first-order valence-electron chi connectivity index (χ1n) is 8.19. The molecule has 26 heavy (non-hydrogen) atoms. The van der Waals surface area contributed by atoms with E-state index in [9.17, 15) is 19.5 Å². The minimum Gasteiger partial charge on any atom is -0.493 e. The largest absolute Gasteiger partial charge is 0.493 e. The first-order chi connectivity index (χ1) is 12.4. The van der Waals surface area contributed by atoms with Gasteiger partial charge in [-0.3, -0.25) is 14.4 Å². The predicted molar refractivity (Wildman–Crippen MR) is 93.5 cm³/mol. The summed E-state index contributed by atoms with van der Waals surface area (Å²) in [6.07, 6.45) is -0.308. The molecule has 1 amide bonds. The average molecular weight is 355 g/mol. The Balaban J connectivity index is 2.26. The lowest BCUT2D eigenvalue weighted by Gasteiger charge is -2.30. The highest BCUT2D eigenvalue weighted by Gasteiger charge is 2.38. The lowest BCUT2D eigenvalue weighted by atomic mass is 9.81. The summed E-state index contributed by atoms with van der Waals surface area (Å²) in [6.45, 7) is 0. The second-order valence-corrected chi connectivity index (χ2v) is 6.45. The van der Waals surface area contributed by atoms with Gasteiger partial charge in [-0.05, 0) is 30.5 Å². The number of hydrogen-bond donors (Lipinski definition) is 1. The van der Waals surface area contributed by atoms with Gasteiger partial charge in [-0.25, -0.2) is 0 Å². The molecule has 7 nitrogen and oxygen atoms in total. The lowest BCUT2D eigenvalue weighted by Crippen LogP contribution is -2.37. The summed E-state index contributed by atoms with van der Waals surface area (Å²) in [7, 11) is 4.40. The van der Waals surface area contributed by atoms with E-state index < -0.39 is 23.6 Å².